The summed E-state index contributed by atoms with van der Waals surface area (Å²) < 4.78 is 5.07. The SMILES string of the molecule is COc1nccc(NC(=O)N2c3nc(-c4ccnc(C)c4)ccc3N3CCC[C@H]2C3)n1. The number of amides is 2. The zero-order valence-corrected chi connectivity index (χ0v) is 17.4. The number of pyridine rings is 2. The largest absolute Gasteiger partial charge is 0.467 e. The lowest BCUT2D eigenvalue weighted by molar-refractivity contribution is 0.252. The zero-order chi connectivity index (χ0) is 21.4. The highest BCUT2D eigenvalue weighted by atomic mass is 16.5. The molecule has 1 atom stereocenters. The lowest BCUT2D eigenvalue weighted by Crippen LogP contribution is -2.56. The van der Waals surface area contributed by atoms with Gasteiger partial charge < -0.3 is 9.64 Å². The van der Waals surface area contributed by atoms with Gasteiger partial charge in [0.25, 0.3) is 0 Å². The Kier molecular flexibility index (Phi) is 4.85. The molecule has 3 aromatic heterocycles. The van der Waals surface area contributed by atoms with E-state index in [4.69, 9.17) is 9.72 Å². The summed E-state index contributed by atoms with van der Waals surface area (Å²) in [5.41, 5.74) is 3.68. The van der Waals surface area contributed by atoms with Crippen LogP contribution in [0.5, 0.6) is 6.01 Å². The fraction of sp³-hybridized carbons (Fsp3) is 0.318. The number of urea groups is 1. The highest BCUT2D eigenvalue weighted by Gasteiger charge is 2.38. The first-order valence-corrected chi connectivity index (χ1v) is 10.3. The number of nitrogens with zero attached hydrogens (tertiary/aromatic N) is 6. The quantitative estimate of drug-likeness (QED) is 0.699. The fourth-order valence-electron chi connectivity index (χ4n) is 4.23. The van der Waals surface area contributed by atoms with Crippen LogP contribution in [0.25, 0.3) is 11.3 Å². The summed E-state index contributed by atoms with van der Waals surface area (Å²) in [6.45, 7) is 3.72. The van der Waals surface area contributed by atoms with E-state index in [0.29, 0.717) is 11.6 Å². The predicted octanol–water partition coefficient (Wildman–Crippen LogP) is 3.27. The second-order valence-corrected chi connectivity index (χ2v) is 7.70. The molecule has 9 heteroatoms. The molecule has 0 aromatic carbocycles. The number of fused-ring (bicyclic) bond motifs is 4. The maximum atomic E-state index is 13.4. The Balaban J connectivity index is 1.53. The van der Waals surface area contributed by atoms with E-state index in [1.54, 1.807) is 23.4 Å². The predicted molar refractivity (Wildman–Crippen MR) is 118 cm³/mol. The highest BCUT2D eigenvalue weighted by molar-refractivity contribution is 6.04. The molecule has 5 rings (SSSR count). The molecule has 0 radical (unpaired) electrons. The minimum absolute atomic E-state index is 0.0481. The lowest BCUT2D eigenvalue weighted by atomic mass is 9.99. The number of hydrogen-bond donors (Lipinski definition) is 1. The molecular formula is C22H23N7O2. The first-order chi connectivity index (χ1) is 15.1. The Morgan fingerprint density at radius 2 is 2.03 bits per heavy atom. The van der Waals surface area contributed by atoms with Gasteiger partial charge in [-0.1, -0.05) is 0 Å². The molecule has 1 fully saturated rings. The van der Waals surface area contributed by atoms with Crippen LogP contribution in [0.15, 0.2) is 42.7 Å². The van der Waals surface area contributed by atoms with Crippen LogP contribution in [-0.4, -0.2) is 52.2 Å². The number of nitrogens with one attached hydrogen (secondary N) is 1. The third-order valence-corrected chi connectivity index (χ3v) is 5.65. The average Bonchev–Trinajstić information content (AvgIpc) is 2.79. The summed E-state index contributed by atoms with van der Waals surface area (Å²) in [5.74, 6) is 1.05. The molecule has 0 saturated carbocycles. The Labute approximate surface area is 180 Å². The molecular weight excluding hydrogens is 394 g/mol. The number of ether oxygens (including phenoxy) is 1. The molecule has 1 saturated heterocycles. The van der Waals surface area contributed by atoms with Gasteiger partial charge in [-0.05, 0) is 50.1 Å². The molecule has 2 bridgehead atoms. The Morgan fingerprint density at radius 3 is 2.87 bits per heavy atom. The van der Waals surface area contributed by atoms with Gasteiger partial charge in [-0.15, -0.1) is 0 Å². The standard InChI is InChI=1S/C22H23N7O2/c1-14-12-15(7-9-23-14)17-5-6-18-20(25-17)29(16-4-3-11-28(18)13-16)22(30)27-19-8-10-24-21(26-19)31-2/h5-10,12,16H,3-4,11,13H2,1-2H3,(H,24,26,27,30)/t16-/m0/s1. The van der Waals surface area contributed by atoms with Crippen molar-refractivity contribution in [3.63, 3.8) is 0 Å². The van der Waals surface area contributed by atoms with Gasteiger partial charge in [0.1, 0.15) is 5.82 Å². The van der Waals surface area contributed by atoms with Crippen LogP contribution in [0.4, 0.5) is 22.1 Å². The summed E-state index contributed by atoms with van der Waals surface area (Å²) in [6.07, 6.45) is 5.28. The van der Waals surface area contributed by atoms with Gasteiger partial charge in [-0.2, -0.15) is 4.98 Å². The second kappa shape index (κ2) is 7.82. The summed E-state index contributed by atoms with van der Waals surface area (Å²) in [5, 5.41) is 2.89. The molecule has 0 aliphatic carbocycles. The average molecular weight is 417 g/mol. The van der Waals surface area contributed by atoms with Gasteiger partial charge in [-0.25, -0.2) is 14.8 Å². The van der Waals surface area contributed by atoms with E-state index in [0.717, 1.165) is 48.6 Å². The normalized spacial score (nSPS) is 17.2. The van der Waals surface area contributed by atoms with Gasteiger partial charge in [-0.3, -0.25) is 15.2 Å². The topological polar surface area (TPSA) is 96.4 Å². The maximum absolute atomic E-state index is 13.4. The smallest absolute Gasteiger partial charge is 0.329 e. The number of piperidine rings is 1. The fourth-order valence-corrected chi connectivity index (χ4v) is 4.23. The van der Waals surface area contributed by atoms with Crippen LogP contribution >= 0.6 is 0 Å². The number of hydrogen-bond acceptors (Lipinski definition) is 7. The summed E-state index contributed by atoms with van der Waals surface area (Å²) in [7, 11) is 1.49. The van der Waals surface area contributed by atoms with E-state index in [1.165, 1.54) is 7.11 Å². The summed E-state index contributed by atoms with van der Waals surface area (Å²) in [4.78, 5) is 34.9. The summed E-state index contributed by atoms with van der Waals surface area (Å²) >= 11 is 0. The monoisotopic (exact) mass is 417 g/mol. The molecule has 3 aromatic rings. The number of anilines is 3. The zero-order valence-electron chi connectivity index (χ0n) is 17.4. The number of carbonyl (C=O) groups excluding carboxylic acids is 1. The number of rotatable bonds is 3. The van der Waals surface area contributed by atoms with Crippen molar-refractivity contribution in [2.24, 2.45) is 0 Å². The van der Waals surface area contributed by atoms with E-state index in [2.05, 4.69) is 31.2 Å². The van der Waals surface area contributed by atoms with Crippen molar-refractivity contribution in [3.05, 3.63) is 48.4 Å². The number of aryl methyl sites for hydroxylation is 1. The maximum Gasteiger partial charge on any atom is 0.329 e. The third kappa shape index (κ3) is 3.63. The van der Waals surface area contributed by atoms with Gasteiger partial charge in [0.2, 0.25) is 0 Å². The van der Waals surface area contributed by atoms with Crippen LogP contribution in [0.2, 0.25) is 0 Å². The molecule has 2 aliphatic heterocycles. The van der Waals surface area contributed by atoms with E-state index in [-0.39, 0.29) is 18.1 Å². The van der Waals surface area contributed by atoms with Crippen molar-refractivity contribution in [1.29, 1.82) is 0 Å². The Bertz CT molecular complexity index is 1140. The third-order valence-electron chi connectivity index (χ3n) is 5.65. The first-order valence-electron chi connectivity index (χ1n) is 10.3. The van der Waals surface area contributed by atoms with Crippen LogP contribution in [0.1, 0.15) is 18.5 Å². The van der Waals surface area contributed by atoms with Gasteiger partial charge in [0, 0.05) is 36.7 Å². The molecule has 31 heavy (non-hydrogen) atoms. The van der Waals surface area contributed by atoms with Crippen molar-refractivity contribution < 1.29 is 9.53 Å². The molecule has 158 valence electrons. The van der Waals surface area contributed by atoms with Gasteiger partial charge in [0.15, 0.2) is 5.82 Å². The Morgan fingerprint density at radius 1 is 1.16 bits per heavy atom. The van der Waals surface area contributed by atoms with Crippen LogP contribution in [0.3, 0.4) is 0 Å². The van der Waals surface area contributed by atoms with Crippen LogP contribution in [0, 0.1) is 6.92 Å². The molecule has 0 unspecified atom stereocenters. The highest BCUT2D eigenvalue weighted by Crippen LogP contribution is 2.39. The van der Waals surface area contributed by atoms with E-state index in [1.807, 2.05) is 25.1 Å². The molecule has 9 nitrogen and oxygen atoms in total. The molecule has 2 amide bonds. The van der Waals surface area contributed by atoms with Crippen LogP contribution < -0.4 is 19.9 Å². The van der Waals surface area contributed by atoms with E-state index >= 15 is 0 Å². The van der Waals surface area contributed by atoms with Crippen molar-refractivity contribution >= 4 is 23.4 Å². The van der Waals surface area contributed by atoms with Gasteiger partial charge >= 0.3 is 12.0 Å². The number of methoxy groups -OCH3 is 1. The summed E-state index contributed by atoms with van der Waals surface area (Å²) in [6, 6.07) is 9.63. The van der Waals surface area contributed by atoms with E-state index < -0.39 is 0 Å². The van der Waals surface area contributed by atoms with Crippen molar-refractivity contribution in [2.75, 3.05) is 35.3 Å². The van der Waals surface area contributed by atoms with Crippen molar-refractivity contribution in [1.82, 2.24) is 19.9 Å². The molecule has 1 N–H and O–H groups in total. The minimum atomic E-state index is -0.260. The number of aromatic nitrogens is 4. The Hall–Kier alpha value is -3.75. The molecule has 0 spiro atoms. The van der Waals surface area contributed by atoms with Crippen LogP contribution in [-0.2, 0) is 0 Å². The number of carbonyl (C=O) groups is 1. The van der Waals surface area contributed by atoms with Gasteiger partial charge in [0.05, 0.1) is 24.5 Å². The van der Waals surface area contributed by atoms with Crippen molar-refractivity contribution in [2.45, 2.75) is 25.8 Å². The first kappa shape index (κ1) is 19.2. The minimum Gasteiger partial charge on any atom is -0.467 e. The van der Waals surface area contributed by atoms with E-state index in [9.17, 15) is 4.79 Å². The second-order valence-electron chi connectivity index (χ2n) is 7.70. The lowest BCUT2D eigenvalue weighted by Gasteiger charge is -2.45. The molecule has 5 heterocycles. The molecule has 2 aliphatic rings. The van der Waals surface area contributed by atoms with Crippen molar-refractivity contribution in [3.8, 4) is 17.3 Å².